The molecule has 0 atom stereocenters. The molecule has 0 amide bonds. The number of hydrogen-bond donors (Lipinski definition) is 1. The number of nitrogens with one attached hydrogen (secondary N) is 1. The summed E-state index contributed by atoms with van der Waals surface area (Å²) in [6.45, 7) is 6.29. The van der Waals surface area contributed by atoms with Crippen molar-refractivity contribution >= 4 is 15.9 Å². The zero-order chi connectivity index (χ0) is 11.8. The maximum absolute atomic E-state index is 4.55. The number of aryl methyl sites for hydroxylation is 2. The summed E-state index contributed by atoms with van der Waals surface area (Å²) < 4.78 is 3.34. The van der Waals surface area contributed by atoms with Crippen LogP contribution in [0.5, 0.6) is 0 Å². The van der Waals surface area contributed by atoms with Crippen LogP contribution < -0.4 is 5.32 Å². The SMILES string of the molecule is CCn1nc(C)c(Br)c1CC1(CNC)CC1. The Morgan fingerprint density at radius 2 is 2.19 bits per heavy atom. The smallest absolute Gasteiger partial charge is 0.0738 e. The molecular weight excluding hydrogens is 266 g/mol. The van der Waals surface area contributed by atoms with Gasteiger partial charge >= 0.3 is 0 Å². The van der Waals surface area contributed by atoms with Gasteiger partial charge in [0.05, 0.1) is 15.9 Å². The van der Waals surface area contributed by atoms with Gasteiger partial charge in [0, 0.05) is 13.1 Å². The lowest BCUT2D eigenvalue weighted by molar-refractivity contribution is 0.454. The summed E-state index contributed by atoms with van der Waals surface area (Å²) in [5, 5.41) is 7.86. The highest BCUT2D eigenvalue weighted by molar-refractivity contribution is 9.10. The van der Waals surface area contributed by atoms with Gasteiger partial charge in [-0.1, -0.05) is 0 Å². The van der Waals surface area contributed by atoms with Crippen molar-refractivity contribution < 1.29 is 0 Å². The highest BCUT2D eigenvalue weighted by atomic mass is 79.9. The molecule has 0 aromatic carbocycles. The van der Waals surface area contributed by atoms with Crippen molar-refractivity contribution in [3.63, 3.8) is 0 Å². The van der Waals surface area contributed by atoms with Crippen molar-refractivity contribution in [1.82, 2.24) is 15.1 Å². The van der Waals surface area contributed by atoms with E-state index >= 15 is 0 Å². The van der Waals surface area contributed by atoms with E-state index in [2.05, 4.69) is 44.9 Å². The average Bonchev–Trinajstić information content (AvgIpc) is 2.96. The normalized spacial score (nSPS) is 17.8. The Hall–Kier alpha value is -0.350. The molecule has 1 saturated carbocycles. The van der Waals surface area contributed by atoms with Crippen molar-refractivity contribution in [3.05, 3.63) is 15.9 Å². The molecule has 1 fully saturated rings. The Balaban J connectivity index is 2.20. The highest BCUT2D eigenvalue weighted by Crippen LogP contribution is 2.48. The van der Waals surface area contributed by atoms with Crippen LogP contribution in [-0.2, 0) is 13.0 Å². The first kappa shape index (κ1) is 12.1. The molecule has 16 heavy (non-hydrogen) atoms. The third-order valence-corrected chi connectivity index (χ3v) is 4.54. The molecule has 0 radical (unpaired) electrons. The lowest BCUT2D eigenvalue weighted by Crippen LogP contribution is -2.23. The minimum absolute atomic E-state index is 0.497. The van der Waals surface area contributed by atoms with Gasteiger partial charge in [0.2, 0.25) is 0 Å². The second-order valence-corrected chi connectivity index (χ2v) is 5.66. The molecule has 0 aliphatic heterocycles. The summed E-state index contributed by atoms with van der Waals surface area (Å²) in [5.41, 5.74) is 2.97. The van der Waals surface area contributed by atoms with E-state index in [4.69, 9.17) is 0 Å². The maximum atomic E-state index is 4.55. The van der Waals surface area contributed by atoms with E-state index in [0.717, 1.165) is 25.2 Å². The lowest BCUT2D eigenvalue weighted by Gasteiger charge is -2.15. The van der Waals surface area contributed by atoms with Gasteiger partial charge < -0.3 is 5.32 Å². The van der Waals surface area contributed by atoms with Crippen LogP contribution in [0.1, 0.15) is 31.2 Å². The molecule has 90 valence electrons. The largest absolute Gasteiger partial charge is 0.319 e. The molecule has 0 saturated heterocycles. The number of hydrogen-bond acceptors (Lipinski definition) is 2. The Morgan fingerprint density at radius 3 is 2.69 bits per heavy atom. The van der Waals surface area contributed by atoms with Gasteiger partial charge in [0.15, 0.2) is 0 Å². The molecule has 3 nitrogen and oxygen atoms in total. The zero-order valence-corrected chi connectivity index (χ0v) is 11.9. The fraction of sp³-hybridized carbons (Fsp3) is 0.750. The average molecular weight is 286 g/mol. The van der Waals surface area contributed by atoms with Crippen molar-refractivity contribution in [2.24, 2.45) is 5.41 Å². The van der Waals surface area contributed by atoms with Gasteiger partial charge in [0.25, 0.3) is 0 Å². The topological polar surface area (TPSA) is 29.9 Å². The first-order valence-corrected chi connectivity index (χ1v) is 6.77. The standard InChI is InChI=1S/C12H20BrN3/c1-4-16-10(11(13)9(2)15-16)7-12(5-6-12)8-14-3/h14H,4-8H2,1-3H3. The summed E-state index contributed by atoms with van der Waals surface area (Å²) in [4.78, 5) is 0. The molecule has 0 bridgehead atoms. The van der Waals surface area contributed by atoms with Crippen LogP contribution in [0.4, 0.5) is 0 Å². The number of rotatable bonds is 5. The van der Waals surface area contributed by atoms with Crippen LogP contribution >= 0.6 is 15.9 Å². The monoisotopic (exact) mass is 285 g/mol. The van der Waals surface area contributed by atoms with Gasteiger partial charge in [0.1, 0.15) is 0 Å². The van der Waals surface area contributed by atoms with Crippen LogP contribution in [0.15, 0.2) is 4.47 Å². The van der Waals surface area contributed by atoms with E-state index in [1.54, 1.807) is 0 Å². The zero-order valence-electron chi connectivity index (χ0n) is 10.3. The van der Waals surface area contributed by atoms with Crippen LogP contribution in [-0.4, -0.2) is 23.4 Å². The first-order chi connectivity index (χ1) is 7.62. The predicted octanol–water partition coefficient (Wildman–Crippen LogP) is 2.52. The summed E-state index contributed by atoms with van der Waals surface area (Å²) in [6, 6.07) is 0. The third kappa shape index (κ3) is 2.18. The van der Waals surface area contributed by atoms with Crippen molar-refractivity contribution in [2.45, 2.75) is 39.7 Å². The molecule has 2 rings (SSSR count). The van der Waals surface area contributed by atoms with Crippen molar-refractivity contribution in [3.8, 4) is 0 Å². The molecule has 4 heteroatoms. The van der Waals surface area contributed by atoms with E-state index in [9.17, 15) is 0 Å². The van der Waals surface area contributed by atoms with Gasteiger partial charge in [-0.3, -0.25) is 4.68 Å². The summed E-state index contributed by atoms with van der Waals surface area (Å²) >= 11 is 3.67. The fourth-order valence-electron chi connectivity index (χ4n) is 2.36. The van der Waals surface area contributed by atoms with Gasteiger partial charge in [-0.05, 0) is 61.5 Å². The highest BCUT2D eigenvalue weighted by Gasteiger charge is 2.43. The van der Waals surface area contributed by atoms with Gasteiger partial charge in [-0.2, -0.15) is 5.10 Å². The Kier molecular flexibility index (Phi) is 3.40. The van der Waals surface area contributed by atoms with Crippen molar-refractivity contribution in [2.75, 3.05) is 13.6 Å². The van der Waals surface area contributed by atoms with Crippen LogP contribution in [0.3, 0.4) is 0 Å². The Bertz CT molecular complexity index is 380. The lowest BCUT2D eigenvalue weighted by atomic mass is 10.00. The summed E-state index contributed by atoms with van der Waals surface area (Å²) in [7, 11) is 2.04. The molecule has 0 unspecified atom stereocenters. The number of halogens is 1. The second-order valence-electron chi connectivity index (χ2n) is 4.87. The predicted molar refractivity (Wildman–Crippen MR) is 69.6 cm³/mol. The van der Waals surface area contributed by atoms with Gasteiger partial charge in [-0.25, -0.2) is 0 Å². The second kappa shape index (κ2) is 4.49. The van der Waals surface area contributed by atoms with E-state index < -0.39 is 0 Å². The van der Waals surface area contributed by atoms with E-state index in [1.165, 1.54) is 23.0 Å². The van der Waals surface area contributed by atoms with Crippen LogP contribution in [0.25, 0.3) is 0 Å². The molecule has 1 aliphatic rings. The summed E-state index contributed by atoms with van der Waals surface area (Å²) in [5.74, 6) is 0. The van der Waals surface area contributed by atoms with E-state index in [-0.39, 0.29) is 0 Å². The van der Waals surface area contributed by atoms with Gasteiger partial charge in [-0.15, -0.1) is 0 Å². The molecule has 1 heterocycles. The molecular formula is C12H20BrN3. The third-order valence-electron chi connectivity index (χ3n) is 3.50. The first-order valence-electron chi connectivity index (χ1n) is 5.98. The van der Waals surface area contributed by atoms with Crippen LogP contribution in [0, 0.1) is 12.3 Å². The maximum Gasteiger partial charge on any atom is 0.0738 e. The molecule has 1 N–H and O–H groups in total. The number of aromatic nitrogens is 2. The quantitative estimate of drug-likeness (QED) is 0.901. The molecule has 1 aromatic heterocycles. The Morgan fingerprint density at radius 1 is 1.50 bits per heavy atom. The van der Waals surface area contributed by atoms with Crippen molar-refractivity contribution in [1.29, 1.82) is 0 Å². The molecule has 0 spiro atoms. The van der Waals surface area contributed by atoms with Crippen LogP contribution in [0.2, 0.25) is 0 Å². The minimum atomic E-state index is 0.497. The van der Waals surface area contributed by atoms with E-state index in [1.807, 2.05) is 7.05 Å². The molecule has 1 aliphatic carbocycles. The fourth-order valence-corrected chi connectivity index (χ4v) is 2.79. The Labute approximate surface area is 106 Å². The number of nitrogens with zero attached hydrogens (tertiary/aromatic N) is 2. The molecule has 1 aromatic rings. The summed E-state index contributed by atoms with van der Waals surface area (Å²) in [6.07, 6.45) is 3.82. The minimum Gasteiger partial charge on any atom is -0.319 e. The van der Waals surface area contributed by atoms with E-state index in [0.29, 0.717) is 5.41 Å².